The standard InChI is InChI=1S/C33H36N4/c1-3-8-28(19-24-14-15-24)37-18-17-29-26(22-37)11-7-12-31(29)35-27-16-13-23(2)30(20-27)33-34-21-32(36-33)25-9-5-4-6-10-25/h4-13,16,20-21,24,35H,3,14-15,17-19,22H2,1-2H3,(H,34,36)/b28-8-. The van der Waals surface area contributed by atoms with Gasteiger partial charge >= 0.3 is 0 Å². The van der Waals surface area contributed by atoms with Gasteiger partial charge in [-0.05, 0) is 85.4 Å². The monoisotopic (exact) mass is 488 g/mol. The molecule has 2 aliphatic rings. The summed E-state index contributed by atoms with van der Waals surface area (Å²) in [7, 11) is 0. The minimum absolute atomic E-state index is 0.900. The van der Waals surface area contributed by atoms with Crippen LogP contribution >= 0.6 is 0 Å². The normalized spacial score (nSPS) is 15.5. The van der Waals surface area contributed by atoms with Crippen LogP contribution in [0.3, 0.4) is 0 Å². The van der Waals surface area contributed by atoms with Gasteiger partial charge < -0.3 is 15.2 Å². The summed E-state index contributed by atoms with van der Waals surface area (Å²) >= 11 is 0. The van der Waals surface area contributed by atoms with E-state index in [0.29, 0.717) is 0 Å². The third kappa shape index (κ3) is 5.20. The largest absolute Gasteiger partial charge is 0.370 e. The first-order valence-corrected chi connectivity index (χ1v) is 13.7. The summed E-state index contributed by atoms with van der Waals surface area (Å²) in [6, 6.07) is 23.7. The van der Waals surface area contributed by atoms with Crippen LogP contribution < -0.4 is 5.32 Å². The quantitative estimate of drug-likeness (QED) is 0.262. The van der Waals surface area contributed by atoms with Gasteiger partial charge in [-0.25, -0.2) is 4.98 Å². The zero-order valence-electron chi connectivity index (χ0n) is 21.9. The number of hydrogen-bond acceptors (Lipinski definition) is 3. The molecule has 188 valence electrons. The van der Waals surface area contributed by atoms with Gasteiger partial charge in [-0.1, -0.05) is 61.5 Å². The highest BCUT2D eigenvalue weighted by molar-refractivity contribution is 5.73. The number of rotatable bonds is 8. The number of benzene rings is 3. The number of imidazole rings is 1. The van der Waals surface area contributed by atoms with Crippen molar-refractivity contribution in [1.82, 2.24) is 14.9 Å². The molecule has 0 atom stereocenters. The number of aryl methyl sites for hydroxylation is 1. The van der Waals surface area contributed by atoms with Gasteiger partial charge in [-0.2, -0.15) is 0 Å². The first-order chi connectivity index (χ1) is 18.2. The van der Waals surface area contributed by atoms with Gasteiger partial charge in [0.15, 0.2) is 0 Å². The Balaban J connectivity index is 1.23. The van der Waals surface area contributed by atoms with Gasteiger partial charge in [-0.15, -0.1) is 0 Å². The fraction of sp³-hybridized carbons (Fsp3) is 0.303. The molecule has 1 aliphatic carbocycles. The van der Waals surface area contributed by atoms with Crippen molar-refractivity contribution in [3.05, 3.63) is 101 Å². The molecule has 4 aromatic rings. The Morgan fingerprint density at radius 1 is 1.08 bits per heavy atom. The van der Waals surface area contributed by atoms with Crippen LogP contribution in [-0.2, 0) is 13.0 Å². The van der Waals surface area contributed by atoms with E-state index in [1.54, 1.807) is 5.70 Å². The number of hydrogen-bond donors (Lipinski definition) is 2. The lowest BCUT2D eigenvalue weighted by molar-refractivity contribution is 0.306. The van der Waals surface area contributed by atoms with Crippen molar-refractivity contribution >= 4 is 11.4 Å². The van der Waals surface area contributed by atoms with Crippen molar-refractivity contribution in [2.45, 2.75) is 52.5 Å². The van der Waals surface area contributed by atoms with Crippen LogP contribution in [0.2, 0.25) is 0 Å². The number of aromatic amines is 1. The molecular weight excluding hydrogens is 452 g/mol. The molecule has 0 unspecified atom stereocenters. The molecule has 6 rings (SSSR count). The number of allylic oxidation sites excluding steroid dienone is 2. The van der Waals surface area contributed by atoms with Crippen LogP contribution in [0, 0.1) is 12.8 Å². The van der Waals surface area contributed by atoms with E-state index in [9.17, 15) is 0 Å². The van der Waals surface area contributed by atoms with E-state index in [0.717, 1.165) is 60.2 Å². The van der Waals surface area contributed by atoms with Gasteiger partial charge in [0.2, 0.25) is 0 Å². The minimum Gasteiger partial charge on any atom is -0.370 e. The van der Waals surface area contributed by atoms with Crippen molar-refractivity contribution in [2.24, 2.45) is 5.92 Å². The topological polar surface area (TPSA) is 44.0 Å². The maximum Gasteiger partial charge on any atom is 0.138 e. The van der Waals surface area contributed by atoms with Crippen molar-refractivity contribution in [2.75, 3.05) is 11.9 Å². The summed E-state index contributed by atoms with van der Waals surface area (Å²) in [5, 5.41) is 3.74. The van der Waals surface area contributed by atoms with Crippen LogP contribution in [0.5, 0.6) is 0 Å². The van der Waals surface area contributed by atoms with E-state index in [4.69, 9.17) is 4.98 Å². The molecule has 1 fully saturated rings. The second-order valence-electron chi connectivity index (χ2n) is 10.5. The maximum atomic E-state index is 4.71. The Hall–Kier alpha value is -3.79. The molecule has 0 amide bonds. The van der Waals surface area contributed by atoms with Crippen molar-refractivity contribution in [1.29, 1.82) is 0 Å². The van der Waals surface area contributed by atoms with Crippen molar-refractivity contribution in [3.63, 3.8) is 0 Å². The van der Waals surface area contributed by atoms with Crippen LogP contribution in [0.15, 0.2) is 84.7 Å². The van der Waals surface area contributed by atoms with Crippen LogP contribution in [0.1, 0.15) is 49.3 Å². The summed E-state index contributed by atoms with van der Waals surface area (Å²) in [4.78, 5) is 10.9. The lowest BCUT2D eigenvalue weighted by Crippen LogP contribution is -2.30. The molecule has 0 bridgehead atoms. The highest BCUT2D eigenvalue weighted by Crippen LogP contribution is 2.38. The molecule has 2 heterocycles. The molecule has 37 heavy (non-hydrogen) atoms. The van der Waals surface area contributed by atoms with E-state index in [1.807, 2.05) is 12.3 Å². The SMILES string of the molecule is CC/C=C(/CC1CC1)N1CCc2c(cccc2Nc2ccc(C)c(-c3ncc(-c4ccccc4)[nH]3)c2)C1. The number of nitrogens with one attached hydrogen (secondary N) is 2. The third-order valence-electron chi connectivity index (χ3n) is 7.74. The Labute approximate surface area is 220 Å². The number of anilines is 2. The molecule has 4 nitrogen and oxygen atoms in total. The number of H-pyrrole nitrogens is 1. The lowest BCUT2D eigenvalue weighted by atomic mass is 9.96. The van der Waals surface area contributed by atoms with Crippen molar-refractivity contribution < 1.29 is 0 Å². The molecule has 0 spiro atoms. The Morgan fingerprint density at radius 2 is 1.95 bits per heavy atom. The van der Waals surface area contributed by atoms with Crippen LogP contribution in [0.4, 0.5) is 11.4 Å². The predicted octanol–water partition coefficient (Wildman–Crippen LogP) is 8.25. The number of fused-ring (bicyclic) bond motifs is 1. The smallest absolute Gasteiger partial charge is 0.138 e. The Kier molecular flexibility index (Phi) is 6.57. The summed E-state index contributed by atoms with van der Waals surface area (Å²) in [6.07, 6.45) is 10.6. The number of nitrogens with zero attached hydrogens (tertiary/aromatic N) is 2. The summed E-state index contributed by atoms with van der Waals surface area (Å²) in [5.74, 6) is 1.82. The third-order valence-corrected chi connectivity index (χ3v) is 7.74. The highest BCUT2D eigenvalue weighted by Gasteiger charge is 2.27. The molecule has 1 saturated carbocycles. The molecule has 1 aliphatic heterocycles. The van der Waals surface area contributed by atoms with E-state index in [1.165, 1.54) is 41.6 Å². The molecule has 0 radical (unpaired) electrons. The first kappa shape index (κ1) is 23.6. The number of aromatic nitrogens is 2. The zero-order chi connectivity index (χ0) is 25.2. The van der Waals surface area contributed by atoms with E-state index >= 15 is 0 Å². The predicted molar refractivity (Wildman–Crippen MR) is 154 cm³/mol. The van der Waals surface area contributed by atoms with Crippen LogP contribution in [-0.4, -0.2) is 21.4 Å². The van der Waals surface area contributed by atoms with E-state index in [-0.39, 0.29) is 0 Å². The van der Waals surface area contributed by atoms with Gasteiger partial charge in [0.1, 0.15) is 5.82 Å². The summed E-state index contributed by atoms with van der Waals surface area (Å²) in [5.41, 5.74) is 11.3. The summed E-state index contributed by atoms with van der Waals surface area (Å²) in [6.45, 7) is 6.51. The van der Waals surface area contributed by atoms with E-state index in [2.05, 4.69) is 95.8 Å². The van der Waals surface area contributed by atoms with Gasteiger partial charge in [0.25, 0.3) is 0 Å². The van der Waals surface area contributed by atoms with Gasteiger partial charge in [0, 0.05) is 35.7 Å². The average molecular weight is 489 g/mol. The average Bonchev–Trinajstić information content (AvgIpc) is 3.62. The molecule has 1 aromatic heterocycles. The zero-order valence-corrected chi connectivity index (χ0v) is 21.9. The Morgan fingerprint density at radius 3 is 2.76 bits per heavy atom. The molecular formula is C33H36N4. The van der Waals surface area contributed by atoms with E-state index < -0.39 is 0 Å². The van der Waals surface area contributed by atoms with Gasteiger partial charge in [-0.3, -0.25) is 0 Å². The molecule has 0 saturated heterocycles. The molecule has 4 heteroatoms. The van der Waals surface area contributed by atoms with Crippen molar-refractivity contribution in [3.8, 4) is 22.6 Å². The molecule has 2 N–H and O–H groups in total. The fourth-order valence-corrected chi connectivity index (χ4v) is 5.50. The highest BCUT2D eigenvalue weighted by atomic mass is 15.1. The molecule has 3 aromatic carbocycles. The summed E-state index contributed by atoms with van der Waals surface area (Å²) < 4.78 is 0. The minimum atomic E-state index is 0.900. The van der Waals surface area contributed by atoms with Crippen LogP contribution in [0.25, 0.3) is 22.6 Å². The fourth-order valence-electron chi connectivity index (χ4n) is 5.50. The Bertz CT molecular complexity index is 1410. The second-order valence-corrected chi connectivity index (χ2v) is 10.5. The maximum absolute atomic E-state index is 4.71. The second kappa shape index (κ2) is 10.3. The first-order valence-electron chi connectivity index (χ1n) is 13.7. The lowest BCUT2D eigenvalue weighted by Gasteiger charge is -2.34. The van der Waals surface area contributed by atoms with Gasteiger partial charge in [0.05, 0.1) is 11.9 Å².